The van der Waals surface area contributed by atoms with E-state index in [9.17, 15) is 4.79 Å². The van der Waals surface area contributed by atoms with E-state index >= 15 is 0 Å². The molecule has 1 N–H and O–H groups in total. The number of hydrazone groups is 1. The van der Waals surface area contributed by atoms with Crippen LogP contribution in [0.15, 0.2) is 41.5 Å². The van der Waals surface area contributed by atoms with Gasteiger partial charge in [0.15, 0.2) is 6.61 Å². The second-order valence-corrected chi connectivity index (χ2v) is 5.17. The van der Waals surface area contributed by atoms with Crippen LogP contribution in [0.25, 0.3) is 0 Å². The Bertz CT molecular complexity index is 658. The van der Waals surface area contributed by atoms with Crippen molar-refractivity contribution in [2.24, 2.45) is 16.9 Å². The summed E-state index contributed by atoms with van der Waals surface area (Å²) in [6.07, 6.45) is 6.33. The second-order valence-electron chi connectivity index (χ2n) is 5.17. The lowest BCUT2D eigenvalue weighted by molar-refractivity contribution is -0.123. The van der Waals surface area contributed by atoms with Gasteiger partial charge in [-0.1, -0.05) is 24.3 Å². The number of amides is 1. The maximum Gasteiger partial charge on any atom is 0.277 e. The number of fused-ring (bicyclic) bond motifs is 1. The van der Waals surface area contributed by atoms with Crippen LogP contribution < -0.4 is 10.2 Å². The highest BCUT2D eigenvalue weighted by Gasteiger charge is 2.37. The van der Waals surface area contributed by atoms with Crippen molar-refractivity contribution in [2.45, 2.75) is 12.8 Å². The zero-order valence-corrected chi connectivity index (χ0v) is 11.5. The van der Waals surface area contributed by atoms with Crippen LogP contribution in [0.2, 0.25) is 0 Å². The molecular formula is C16H15N3O2. The number of carbonyl (C=O) groups excluding carboxylic acids is 1. The molecule has 1 saturated carbocycles. The van der Waals surface area contributed by atoms with Crippen molar-refractivity contribution in [1.29, 1.82) is 5.26 Å². The highest BCUT2D eigenvalue weighted by Crippen LogP contribution is 2.39. The monoisotopic (exact) mass is 281 g/mol. The van der Waals surface area contributed by atoms with Gasteiger partial charge in [0.25, 0.3) is 5.91 Å². The van der Waals surface area contributed by atoms with Gasteiger partial charge < -0.3 is 4.74 Å². The maximum atomic E-state index is 11.7. The molecule has 0 radical (unpaired) electrons. The SMILES string of the molecule is N#Cc1ccccc1OCC(=O)N/N=C1/C[C@@H]2C=CC[C@@H]12. The number of hydrogen-bond donors (Lipinski definition) is 1. The predicted molar refractivity (Wildman–Crippen MR) is 77.6 cm³/mol. The van der Waals surface area contributed by atoms with Crippen LogP contribution in [0, 0.1) is 23.2 Å². The Morgan fingerprint density at radius 2 is 2.33 bits per heavy atom. The molecule has 1 aromatic rings. The van der Waals surface area contributed by atoms with Crippen LogP contribution in [0.1, 0.15) is 18.4 Å². The highest BCUT2D eigenvalue weighted by atomic mass is 16.5. The topological polar surface area (TPSA) is 74.5 Å². The molecule has 1 amide bonds. The lowest BCUT2D eigenvalue weighted by Crippen LogP contribution is -2.36. The molecule has 106 valence electrons. The minimum Gasteiger partial charge on any atom is -0.482 e. The van der Waals surface area contributed by atoms with E-state index in [2.05, 4.69) is 22.7 Å². The largest absolute Gasteiger partial charge is 0.482 e. The molecule has 2 atom stereocenters. The molecule has 2 aliphatic carbocycles. The van der Waals surface area contributed by atoms with Gasteiger partial charge in [-0.15, -0.1) is 0 Å². The fourth-order valence-electron chi connectivity index (χ4n) is 2.66. The molecule has 0 aliphatic heterocycles. The summed E-state index contributed by atoms with van der Waals surface area (Å²) in [5.41, 5.74) is 3.98. The van der Waals surface area contributed by atoms with E-state index < -0.39 is 0 Å². The Kier molecular flexibility index (Phi) is 3.69. The summed E-state index contributed by atoms with van der Waals surface area (Å²) in [5, 5.41) is 13.1. The molecule has 2 aliphatic rings. The van der Waals surface area contributed by atoms with Gasteiger partial charge in [-0.05, 0) is 30.9 Å². The molecule has 3 rings (SSSR count). The number of nitrogens with one attached hydrogen (secondary N) is 1. The minimum absolute atomic E-state index is 0.151. The van der Waals surface area contributed by atoms with Gasteiger partial charge in [0.1, 0.15) is 11.8 Å². The van der Waals surface area contributed by atoms with Crippen molar-refractivity contribution in [3.05, 3.63) is 42.0 Å². The number of allylic oxidation sites excluding steroid dienone is 2. The Balaban J connectivity index is 1.49. The summed E-state index contributed by atoms with van der Waals surface area (Å²) >= 11 is 0. The molecule has 0 unspecified atom stereocenters. The van der Waals surface area contributed by atoms with Gasteiger partial charge in [-0.25, -0.2) is 5.43 Å². The summed E-state index contributed by atoms with van der Waals surface area (Å²) in [5.74, 6) is 1.18. The van der Waals surface area contributed by atoms with Gasteiger partial charge >= 0.3 is 0 Å². The third-order valence-electron chi connectivity index (χ3n) is 3.85. The number of para-hydroxylation sites is 1. The number of nitriles is 1. The van der Waals surface area contributed by atoms with E-state index in [1.165, 1.54) is 0 Å². The number of rotatable bonds is 4. The van der Waals surface area contributed by atoms with E-state index in [1.807, 2.05) is 6.07 Å². The van der Waals surface area contributed by atoms with E-state index in [0.29, 0.717) is 23.1 Å². The molecule has 0 bridgehead atoms. The zero-order valence-electron chi connectivity index (χ0n) is 11.5. The number of ether oxygens (including phenoxy) is 1. The first-order valence-corrected chi connectivity index (χ1v) is 6.92. The van der Waals surface area contributed by atoms with Crippen molar-refractivity contribution >= 4 is 11.6 Å². The van der Waals surface area contributed by atoms with Crippen molar-refractivity contribution in [3.8, 4) is 11.8 Å². The smallest absolute Gasteiger partial charge is 0.277 e. The molecule has 5 heteroatoms. The molecule has 0 saturated heterocycles. The number of hydrogen-bond acceptors (Lipinski definition) is 4. The van der Waals surface area contributed by atoms with Crippen molar-refractivity contribution in [1.82, 2.24) is 5.43 Å². The molecule has 1 aromatic carbocycles. The van der Waals surface area contributed by atoms with E-state index in [1.54, 1.807) is 24.3 Å². The lowest BCUT2D eigenvalue weighted by Gasteiger charge is -2.31. The van der Waals surface area contributed by atoms with Gasteiger partial charge in [0, 0.05) is 11.6 Å². The van der Waals surface area contributed by atoms with Crippen molar-refractivity contribution < 1.29 is 9.53 Å². The Morgan fingerprint density at radius 1 is 1.48 bits per heavy atom. The average molecular weight is 281 g/mol. The van der Waals surface area contributed by atoms with Gasteiger partial charge in [-0.3, -0.25) is 4.79 Å². The number of benzene rings is 1. The molecular weight excluding hydrogens is 266 g/mol. The summed E-state index contributed by atoms with van der Waals surface area (Å²) in [4.78, 5) is 11.7. The normalized spacial score (nSPS) is 24.0. The van der Waals surface area contributed by atoms with E-state index in [-0.39, 0.29) is 12.5 Å². The fourth-order valence-corrected chi connectivity index (χ4v) is 2.66. The molecule has 5 nitrogen and oxygen atoms in total. The van der Waals surface area contributed by atoms with Crippen LogP contribution in [0.4, 0.5) is 0 Å². The van der Waals surface area contributed by atoms with Crippen LogP contribution in [-0.2, 0) is 4.79 Å². The predicted octanol–water partition coefficient (Wildman–Crippen LogP) is 2.01. The fraction of sp³-hybridized carbons (Fsp3) is 0.312. The first-order chi connectivity index (χ1) is 10.3. The first kappa shape index (κ1) is 13.4. The van der Waals surface area contributed by atoms with Crippen LogP contribution in [0.5, 0.6) is 5.75 Å². The van der Waals surface area contributed by atoms with Crippen molar-refractivity contribution in [2.75, 3.05) is 6.61 Å². The lowest BCUT2D eigenvalue weighted by atomic mass is 9.74. The summed E-state index contributed by atoms with van der Waals surface area (Å²) in [7, 11) is 0. The third-order valence-corrected chi connectivity index (χ3v) is 3.85. The van der Waals surface area contributed by atoms with E-state index in [0.717, 1.165) is 18.6 Å². The zero-order chi connectivity index (χ0) is 14.7. The molecule has 21 heavy (non-hydrogen) atoms. The standard InChI is InChI=1S/C16H15N3O2/c17-9-12-4-1-2-7-15(12)21-10-16(20)19-18-14-8-11-5-3-6-13(11)14/h1-5,7,11,13H,6,8,10H2,(H,19,20)/b18-14-/t11-,13+/m0/s1. The Morgan fingerprint density at radius 3 is 3.14 bits per heavy atom. The second kappa shape index (κ2) is 5.80. The van der Waals surface area contributed by atoms with E-state index in [4.69, 9.17) is 10.00 Å². The summed E-state index contributed by atoms with van der Waals surface area (Å²) in [6.45, 7) is -0.151. The first-order valence-electron chi connectivity index (χ1n) is 6.92. The Hall–Kier alpha value is -2.61. The van der Waals surface area contributed by atoms with Crippen LogP contribution in [0.3, 0.4) is 0 Å². The summed E-state index contributed by atoms with van der Waals surface area (Å²) in [6, 6.07) is 8.84. The molecule has 0 aromatic heterocycles. The van der Waals surface area contributed by atoms with Crippen LogP contribution >= 0.6 is 0 Å². The number of nitrogens with zero attached hydrogens (tertiary/aromatic N) is 2. The van der Waals surface area contributed by atoms with Gasteiger partial charge in [0.05, 0.1) is 5.56 Å². The number of carbonyl (C=O) groups is 1. The quantitative estimate of drug-likeness (QED) is 0.677. The minimum atomic E-state index is -0.315. The Labute approximate surface area is 122 Å². The molecule has 1 fully saturated rings. The van der Waals surface area contributed by atoms with Gasteiger partial charge in [-0.2, -0.15) is 10.4 Å². The third kappa shape index (κ3) is 2.79. The van der Waals surface area contributed by atoms with Crippen LogP contribution in [-0.4, -0.2) is 18.2 Å². The highest BCUT2D eigenvalue weighted by molar-refractivity contribution is 5.94. The van der Waals surface area contributed by atoms with Gasteiger partial charge in [0.2, 0.25) is 0 Å². The average Bonchev–Trinajstić information content (AvgIpc) is 2.87. The maximum absolute atomic E-state index is 11.7. The molecule has 0 spiro atoms. The van der Waals surface area contributed by atoms with Crippen molar-refractivity contribution in [3.63, 3.8) is 0 Å². The molecule has 0 heterocycles. The summed E-state index contributed by atoms with van der Waals surface area (Å²) < 4.78 is 5.34.